The van der Waals surface area contributed by atoms with Gasteiger partial charge in [0.05, 0.1) is 0 Å². The van der Waals surface area contributed by atoms with E-state index in [-0.39, 0.29) is 5.82 Å². The molecule has 3 heteroatoms. The summed E-state index contributed by atoms with van der Waals surface area (Å²) in [4.78, 5) is 0. The average molecular weight is 256 g/mol. The highest BCUT2D eigenvalue weighted by atomic mass is 35.5. The van der Waals surface area contributed by atoms with E-state index in [1.807, 2.05) is 7.05 Å². The molecular weight excluding hydrogens is 237 g/mol. The Morgan fingerprint density at radius 3 is 2.82 bits per heavy atom. The molecule has 2 atom stereocenters. The molecule has 1 aromatic carbocycles. The molecule has 0 aromatic heterocycles. The number of rotatable bonds is 4. The Labute approximate surface area is 107 Å². The van der Waals surface area contributed by atoms with E-state index in [1.165, 1.54) is 25.3 Å². The SMILES string of the molecule is CNCC1CCCC1Cc1c(F)cccc1Cl. The molecular formula is C14H19ClFN. The Morgan fingerprint density at radius 2 is 2.12 bits per heavy atom. The maximum atomic E-state index is 13.7. The summed E-state index contributed by atoms with van der Waals surface area (Å²) in [5, 5.41) is 3.80. The van der Waals surface area contributed by atoms with E-state index < -0.39 is 0 Å². The van der Waals surface area contributed by atoms with Crippen molar-refractivity contribution in [1.29, 1.82) is 0 Å². The van der Waals surface area contributed by atoms with Gasteiger partial charge in [-0.05, 0) is 56.8 Å². The van der Waals surface area contributed by atoms with E-state index >= 15 is 0 Å². The largest absolute Gasteiger partial charge is 0.319 e. The van der Waals surface area contributed by atoms with Crippen LogP contribution in [-0.2, 0) is 6.42 Å². The van der Waals surface area contributed by atoms with Crippen molar-refractivity contribution < 1.29 is 4.39 Å². The number of nitrogens with one attached hydrogen (secondary N) is 1. The lowest BCUT2D eigenvalue weighted by atomic mass is 9.89. The predicted octanol–water partition coefficient (Wildman–Crippen LogP) is 3.66. The Bertz CT molecular complexity index is 360. The van der Waals surface area contributed by atoms with E-state index in [9.17, 15) is 4.39 Å². The Balaban J connectivity index is 2.09. The molecule has 1 aromatic rings. The summed E-state index contributed by atoms with van der Waals surface area (Å²) in [7, 11) is 1.98. The molecule has 0 bridgehead atoms. The number of benzene rings is 1. The van der Waals surface area contributed by atoms with E-state index in [0.717, 1.165) is 13.0 Å². The Kier molecular flexibility index (Phi) is 4.41. The van der Waals surface area contributed by atoms with Crippen LogP contribution in [0, 0.1) is 17.7 Å². The minimum atomic E-state index is -0.160. The van der Waals surface area contributed by atoms with Gasteiger partial charge >= 0.3 is 0 Å². The molecule has 1 nitrogen and oxygen atoms in total. The molecule has 1 N–H and O–H groups in total. The van der Waals surface area contributed by atoms with Crippen LogP contribution in [0.2, 0.25) is 5.02 Å². The quantitative estimate of drug-likeness (QED) is 0.866. The highest BCUT2D eigenvalue weighted by Gasteiger charge is 2.28. The van der Waals surface area contributed by atoms with Gasteiger partial charge in [0.15, 0.2) is 0 Å². The first-order chi connectivity index (χ1) is 8.22. The van der Waals surface area contributed by atoms with Crippen LogP contribution in [0.15, 0.2) is 18.2 Å². The summed E-state index contributed by atoms with van der Waals surface area (Å²) in [6.07, 6.45) is 4.47. The molecule has 0 saturated heterocycles. The maximum absolute atomic E-state index is 13.7. The molecule has 0 aliphatic heterocycles. The van der Waals surface area contributed by atoms with Crippen LogP contribution >= 0.6 is 11.6 Å². The fourth-order valence-corrected chi connectivity index (χ4v) is 3.14. The second kappa shape index (κ2) is 5.83. The monoisotopic (exact) mass is 255 g/mol. The molecule has 0 heterocycles. The summed E-state index contributed by atoms with van der Waals surface area (Å²) in [5.74, 6) is 1.07. The molecule has 1 aliphatic carbocycles. The third kappa shape index (κ3) is 2.99. The first-order valence-corrected chi connectivity index (χ1v) is 6.67. The van der Waals surface area contributed by atoms with Gasteiger partial charge in [0.1, 0.15) is 5.82 Å². The molecule has 2 rings (SSSR count). The van der Waals surface area contributed by atoms with Gasteiger partial charge in [0, 0.05) is 10.6 Å². The minimum Gasteiger partial charge on any atom is -0.319 e. The van der Waals surface area contributed by atoms with Gasteiger partial charge in [-0.3, -0.25) is 0 Å². The molecule has 2 unspecified atom stereocenters. The van der Waals surface area contributed by atoms with E-state index in [4.69, 9.17) is 11.6 Å². The lowest BCUT2D eigenvalue weighted by Gasteiger charge is -2.20. The van der Waals surface area contributed by atoms with Crippen molar-refractivity contribution >= 4 is 11.6 Å². The number of hydrogen-bond acceptors (Lipinski definition) is 1. The van der Waals surface area contributed by atoms with Gasteiger partial charge in [0.25, 0.3) is 0 Å². The summed E-state index contributed by atoms with van der Waals surface area (Å²) >= 11 is 6.08. The molecule has 1 saturated carbocycles. The maximum Gasteiger partial charge on any atom is 0.127 e. The van der Waals surface area contributed by atoms with Crippen LogP contribution in [0.5, 0.6) is 0 Å². The fourth-order valence-electron chi connectivity index (χ4n) is 2.90. The Hall–Kier alpha value is -0.600. The molecule has 1 fully saturated rings. The molecule has 94 valence electrons. The van der Waals surface area contributed by atoms with Crippen LogP contribution in [0.4, 0.5) is 4.39 Å². The van der Waals surface area contributed by atoms with Gasteiger partial charge in [-0.25, -0.2) is 4.39 Å². The molecule has 17 heavy (non-hydrogen) atoms. The topological polar surface area (TPSA) is 12.0 Å². The summed E-state index contributed by atoms with van der Waals surface area (Å²) in [6, 6.07) is 4.95. The van der Waals surface area contributed by atoms with Gasteiger partial charge < -0.3 is 5.32 Å². The smallest absolute Gasteiger partial charge is 0.127 e. The number of halogens is 2. The van der Waals surface area contributed by atoms with Gasteiger partial charge in [-0.2, -0.15) is 0 Å². The van der Waals surface area contributed by atoms with Crippen molar-refractivity contribution in [2.24, 2.45) is 11.8 Å². The van der Waals surface area contributed by atoms with Crippen molar-refractivity contribution in [3.63, 3.8) is 0 Å². The normalized spacial score (nSPS) is 24.2. The van der Waals surface area contributed by atoms with Crippen LogP contribution < -0.4 is 5.32 Å². The van der Waals surface area contributed by atoms with Gasteiger partial charge in [0.2, 0.25) is 0 Å². The van der Waals surface area contributed by atoms with Crippen molar-refractivity contribution in [3.8, 4) is 0 Å². The average Bonchev–Trinajstić information content (AvgIpc) is 2.72. The molecule has 0 radical (unpaired) electrons. The summed E-state index contributed by atoms with van der Waals surface area (Å²) < 4.78 is 13.7. The highest BCUT2D eigenvalue weighted by molar-refractivity contribution is 6.31. The molecule has 0 amide bonds. The lowest BCUT2D eigenvalue weighted by molar-refractivity contribution is 0.370. The zero-order valence-electron chi connectivity index (χ0n) is 10.2. The zero-order chi connectivity index (χ0) is 12.3. The van der Waals surface area contributed by atoms with E-state index in [1.54, 1.807) is 12.1 Å². The predicted molar refractivity (Wildman–Crippen MR) is 69.9 cm³/mol. The van der Waals surface area contributed by atoms with Crippen molar-refractivity contribution in [2.75, 3.05) is 13.6 Å². The second-order valence-electron chi connectivity index (χ2n) is 4.91. The van der Waals surface area contributed by atoms with Crippen LogP contribution in [0.1, 0.15) is 24.8 Å². The van der Waals surface area contributed by atoms with Crippen molar-refractivity contribution in [2.45, 2.75) is 25.7 Å². The zero-order valence-corrected chi connectivity index (χ0v) is 10.9. The second-order valence-corrected chi connectivity index (χ2v) is 5.32. The standard InChI is InChI=1S/C14H19ClFN/c1-17-9-11-5-2-4-10(11)8-12-13(15)6-3-7-14(12)16/h3,6-7,10-11,17H,2,4-5,8-9H2,1H3. The van der Waals surface area contributed by atoms with E-state index in [2.05, 4.69) is 5.32 Å². The van der Waals surface area contributed by atoms with Crippen LogP contribution in [0.25, 0.3) is 0 Å². The van der Waals surface area contributed by atoms with Crippen molar-refractivity contribution in [1.82, 2.24) is 5.32 Å². The molecule has 1 aliphatic rings. The molecule has 0 spiro atoms. The third-order valence-corrected chi connectivity index (χ3v) is 4.16. The first kappa shape index (κ1) is 12.8. The van der Waals surface area contributed by atoms with Gasteiger partial charge in [-0.15, -0.1) is 0 Å². The fraction of sp³-hybridized carbons (Fsp3) is 0.571. The van der Waals surface area contributed by atoms with E-state index in [0.29, 0.717) is 22.4 Å². The minimum absolute atomic E-state index is 0.160. The third-order valence-electron chi connectivity index (χ3n) is 3.81. The van der Waals surface area contributed by atoms with Crippen LogP contribution in [-0.4, -0.2) is 13.6 Å². The van der Waals surface area contributed by atoms with Gasteiger partial charge in [-0.1, -0.05) is 24.1 Å². The summed E-state index contributed by atoms with van der Waals surface area (Å²) in [6.45, 7) is 1.02. The highest BCUT2D eigenvalue weighted by Crippen LogP contribution is 2.35. The van der Waals surface area contributed by atoms with Crippen molar-refractivity contribution in [3.05, 3.63) is 34.6 Å². The Morgan fingerprint density at radius 1 is 1.35 bits per heavy atom. The lowest BCUT2D eigenvalue weighted by Crippen LogP contribution is -2.23. The first-order valence-electron chi connectivity index (χ1n) is 6.30. The summed E-state index contributed by atoms with van der Waals surface area (Å²) in [5.41, 5.74) is 0.696. The number of hydrogen-bond donors (Lipinski definition) is 1. The van der Waals surface area contributed by atoms with Crippen LogP contribution in [0.3, 0.4) is 0 Å².